The molecule has 6 nitrogen and oxygen atoms in total. The van der Waals surface area contributed by atoms with Gasteiger partial charge in [-0.25, -0.2) is 9.67 Å². The molecule has 1 amide bonds. The van der Waals surface area contributed by atoms with Gasteiger partial charge in [-0.1, -0.05) is 13.8 Å². The summed E-state index contributed by atoms with van der Waals surface area (Å²) in [5.41, 5.74) is 0.349. The van der Waals surface area contributed by atoms with Crippen molar-refractivity contribution >= 4 is 5.91 Å². The highest BCUT2D eigenvalue weighted by Crippen LogP contribution is 2.30. The van der Waals surface area contributed by atoms with Crippen LogP contribution in [-0.2, 0) is 6.18 Å². The molecule has 0 spiro atoms. The molecule has 0 unspecified atom stereocenters. The third-order valence-corrected chi connectivity index (χ3v) is 6.28. The van der Waals surface area contributed by atoms with Crippen LogP contribution in [-0.4, -0.2) is 62.7 Å². The number of rotatable bonds is 4. The molecule has 4 rings (SSSR count). The highest BCUT2D eigenvalue weighted by atomic mass is 19.4. The van der Waals surface area contributed by atoms with E-state index in [2.05, 4.69) is 15.0 Å². The Morgan fingerprint density at radius 1 is 1.06 bits per heavy atom. The number of aromatic nitrogens is 3. The molecule has 2 aromatic rings. The Bertz CT molecular complexity index is 908. The molecule has 2 aliphatic rings. The molecule has 2 saturated heterocycles. The second-order valence-electron chi connectivity index (χ2n) is 8.68. The molecule has 0 saturated carbocycles. The van der Waals surface area contributed by atoms with Crippen molar-refractivity contribution in [1.82, 2.24) is 24.6 Å². The van der Waals surface area contributed by atoms with Crippen LogP contribution in [0.2, 0.25) is 0 Å². The van der Waals surface area contributed by atoms with Crippen molar-refractivity contribution in [2.45, 2.75) is 57.7 Å². The number of piperidine rings is 1. The van der Waals surface area contributed by atoms with Crippen LogP contribution in [0.5, 0.6) is 0 Å². The third kappa shape index (κ3) is 4.46. The molecule has 0 aromatic carbocycles. The number of carbonyl (C=O) groups is 1. The van der Waals surface area contributed by atoms with Gasteiger partial charge in [-0.2, -0.15) is 18.3 Å². The quantitative estimate of drug-likeness (QED) is 0.725. The summed E-state index contributed by atoms with van der Waals surface area (Å²) in [5, 5.41) is 4.31. The molecule has 2 aliphatic heterocycles. The number of halogens is 3. The lowest BCUT2D eigenvalue weighted by Crippen LogP contribution is -2.46. The molecule has 2 aromatic heterocycles. The Hall–Kier alpha value is -2.42. The smallest absolute Gasteiger partial charge is 0.338 e. The Balaban J connectivity index is 1.53. The van der Waals surface area contributed by atoms with E-state index in [0.29, 0.717) is 30.4 Å². The van der Waals surface area contributed by atoms with Crippen LogP contribution in [0, 0.1) is 0 Å². The summed E-state index contributed by atoms with van der Waals surface area (Å²) >= 11 is 0. The second-order valence-corrected chi connectivity index (χ2v) is 8.68. The Labute approximate surface area is 180 Å². The lowest BCUT2D eigenvalue weighted by molar-refractivity contribution is -0.137. The van der Waals surface area contributed by atoms with E-state index in [0.717, 1.165) is 38.2 Å². The van der Waals surface area contributed by atoms with Crippen molar-refractivity contribution in [3.63, 3.8) is 0 Å². The topological polar surface area (TPSA) is 54.3 Å². The summed E-state index contributed by atoms with van der Waals surface area (Å²) in [6.45, 7) is 7.61. The first-order valence-electron chi connectivity index (χ1n) is 10.9. The number of hydrogen-bond donors (Lipinski definition) is 0. The van der Waals surface area contributed by atoms with Gasteiger partial charge in [-0.15, -0.1) is 0 Å². The Morgan fingerprint density at radius 3 is 2.29 bits per heavy atom. The average Bonchev–Trinajstić information content (AvgIpc) is 3.43. The highest BCUT2D eigenvalue weighted by molar-refractivity contribution is 5.95. The first-order chi connectivity index (χ1) is 14.8. The van der Waals surface area contributed by atoms with E-state index in [1.54, 1.807) is 0 Å². The van der Waals surface area contributed by atoms with Crippen LogP contribution in [0.1, 0.15) is 67.1 Å². The normalized spacial score (nSPS) is 18.8. The maximum atomic E-state index is 13.3. The van der Waals surface area contributed by atoms with Gasteiger partial charge in [0.15, 0.2) is 5.82 Å². The van der Waals surface area contributed by atoms with Crippen LogP contribution >= 0.6 is 0 Å². The van der Waals surface area contributed by atoms with E-state index in [1.165, 1.54) is 29.8 Å². The van der Waals surface area contributed by atoms with E-state index in [1.807, 2.05) is 18.7 Å². The number of pyridine rings is 1. The van der Waals surface area contributed by atoms with Gasteiger partial charge in [0.25, 0.3) is 5.91 Å². The van der Waals surface area contributed by atoms with E-state index >= 15 is 0 Å². The Morgan fingerprint density at radius 2 is 1.74 bits per heavy atom. The molecule has 0 atom stereocenters. The van der Waals surface area contributed by atoms with Crippen molar-refractivity contribution in [2.75, 3.05) is 26.2 Å². The number of carbonyl (C=O) groups excluding carboxylic acids is 1. The maximum Gasteiger partial charge on any atom is 0.417 e. The van der Waals surface area contributed by atoms with Crippen molar-refractivity contribution < 1.29 is 18.0 Å². The largest absolute Gasteiger partial charge is 0.417 e. The predicted octanol–water partition coefficient (Wildman–Crippen LogP) is 4.11. The van der Waals surface area contributed by atoms with Gasteiger partial charge in [0.1, 0.15) is 0 Å². The number of nitrogens with zero attached hydrogens (tertiary/aromatic N) is 5. The van der Waals surface area contributed by atoms with Gasteiger partial charge < -0.3 is 9.80 Å². The second kappa shape index (κ2) is 8.61. The molecule has 0 radical (unpaired) electrons. The van der Waals surface area contributed by atoms with Crippen LogP contribution in [0.3, 0.4) is 0 Å². The minimum absolute atomic E-state index is 0.0484. The summed E-state index contributed by atoms with van der Waals surface area (Å²) < 4.78 is 40.0. The van der Waals surface area contributed by atoms with Gasteiger partial charge in [-0.05, 0) is 56.8 Å². The number of amides is 1. The van der Waals surface area contributed by atoms with Crippen LogP contribution in [0.25, 0.3) is 5.82 Å². The number of alkyl halides is 3. The van der Waals surface area contributed by atoms with Crippen LogP contribution in [0.15, 0.2) is 24.5 Å². The van der Waals surface area contributed by atoms with Crippen molar-refractivity contribution in [1.29, 1.82) is 0 Å². The summed E-state index contributed by atoms with van der Waals surface area (Å²) in [5.74, 6) is 0.151. The summed E-state index contributed by atoms with van der Waals surface area (Å²) in [6.07, 6.45) is 2.32. The first-order valence-corrected chi connectivity index (χ1v) is 10.9. The van der Waals surface area contributed by atoms with E-state index in [4.69, 9.17) is 0 Å². The molecule has 0 bridgehead atoms. The minimum atomic E-state index is -4.45. The maximum absolute atomic E-state index is 13.3. The molecule has 0 N–H and O–H groups in total. The van der Waals surface area contributed by atoms with Crippen molar-refractivity contribution in [3.05, 3.63) is 41.3 Å². The predicted molar refractivity (Wildman–Crippen MR) is 110 cm³/mol. The van der Waals surface area contributed by atoms with Gasteiger partial charge in [-0.3, -0.25) is 4.79 Å². The van der Waals surface area contributed by atoms with Crippen molar-refractivity contribution in [2.24, 2.45) is 0 Å². The zero-order valence-corrected chi connectivity index (χ0v) is 17.9. The number of likely N-dealkylation sites (tertiary alicyclic amines) is 2. The van der Waals surface area contributed by atoms with Crippen LogP contribution in [0.4, 0.5) is 13.2 Å². The zero-order valence-electron chi connectivity index (χ0n) is 17.9. The van der Waals surface area contributed by atoms with Gasteiger partial charge in [0, 0.05) is 25.3 Å². The van der Waals surface area contributed by atoms with Crippen LogP contribution < -0.4 is 0 Å². The zero-order chi connectivity index (χ0) is 22.2. The lowest BCUT2D eigenvalue weighted by atomic mass is 10.0. The van der Waals surface area contributed by atoms with Gasteiger partial charge >= 0.3 is 6.18 Å². The molecule has 4 heterocycles. The van der Waals surface area contributed by atoms with Gasteiger partial charge in [0.05, 0.1) is 23.0 Å². The Kier molecular flexibility index (Phi) is 6.05. The SMILES string of the molecule is CC(C)c1c(C(=O)N2CCC(N3CCCC3)CC2)cnn1-c1ccc(C(F)(F)F)cn1. The standard InChI is InChI=1S/C22H28F3N5O/c1-15(2)20-18(14-27-30(20)19-6-5-16(13-26-19)22(23,24)25)21(31)29-11-7-17(8-12-29)28-9-3-4-10-28/h5-6,13-15,17H,3-4,7-12H2,1-2H3. The van der Waals surface area contributed by atoms with E-state index in [9.17, 15) is 18.0 Å². The molecule has 9 heteroatoms. The fraction of sp³-hybridized carbons (Fsp3) is 0.591. The highest BCUT2D eigenvalue weighted by Gasteiger charge is 2.32. The van der Waals surface area contributed by atoms with E-state index < -0.39 is 11.7 Å². The summed E-state index contributed by atoms with van der Waals surface area (Å²) in [6, 6.07) is 2.83. The fourth-order valence-corrected chi connectivity index (χ4v) is 4.65. The third-order valence-electron chi connectivity index (χ3n) is 6.28. The van der Waals surface area contributed by atoms with Gasteiger partial charge in [0.2, 0.25) is 0 Å². The molecular formula is C22H28F3N5O. The lowest BCUT2D eigenvalue weighted by Gasteiger charge is -2.36. The monoisotopic (exact) mass is 435 g/mol. The first kappa shape index (κ1) is 21.8. The molecule has 2 fully saturated rings. The minimum Gasteiger partial charge on any atom is -0.338 e. The summed E-state index contributed by atoms with van der Waals surface area (Å²) in [7, 11) is 0. The summed E-state index contributed by atoms with van der Waals surface area (Å²) in [4.78, 5) is 21.6. The van der Waals surface area contributed by atoms with E-state index in [-0.39, 0.29) is 17.6 Å². The van der Waals surface area contributed by atoms with Crippen molar-refractivity contribution in [3.8, 4) is 5.82 Å². The number of hydrogen-bond acceptors (Lipinski definition) is 4. The molecular weight excluding hydrogens is 407 g/mol. The molecule has 31 heavy (non-hydrogen) atoms. The average molecular weight is 435 g/mol. The fourth-order valence-electron chi connectivity index (χ4n) is 4.65. The molecule has 168 valence electrons. The molecule has 0 aliphatic carbocycles.